The zero-order valence-electron chi connectivity index (χ0n) is 12.0. The first-order valence-electron chi connectivity index (χ1n) is 6.69. The van der Waals surface area contributed by atoms with Crippen molar-refractivity contribution in [1.29, 1.82) is 0 Å². The van der Waals surface area contributed by atoms with E-state index in [1.807, 2.05) is 31.3 Å². The Bertz CT molecular complexity index is 745. The third kappa shape index (κ3) is 2.25. The molecule has 2 aromatic heterocycles. The van der Waals surface area contributed by atoms with Gasteiger partial charge in [0.05, 0.1) is 17.6 Å². The fraction of sp³-hybridized carbons (Fsp3) is 0.250. The van der Waals surface area contributed by atoms with Gasteiger partial charge in [-0.3, -0.25) is 4.98 Å². The van der Waals surface area contributed by atoms with E-state index in [1.54, 1.807) is 0 Å². The minimum Gasteiger partial charge on any atom is -0.367 e. The van der Waals surface area contributed by atoms with E-state index in [1.165, 1.54) is 5.52 Å². The second kappa shape index (κ2) is 4.96. The van der Waals surface area contributed by atoms with Crippen LogP contribution < -0.4 is 4.90 Å². The van der Waals surface area contributed by atoms with Crippen LogP contribution in [0.1, 0.15) is 11.5 Å². The molecule has 0 unspecified atom stereocenters. The molecular weight excluding hydrogens is 248 g/mol. The number of rotatable bonds is 3. The zero-order valence-corrected chi connectivity index (χ0v) is 12.0. The number of anilines is 1. The van der Waals surface area contributed by atoms with Gasteiger partial charge >= 0.3 is 0 Å². The van der Waals surface area contributed by atoms with Crippen molar-refractivity contribution in [3.05, 3.63) is 54.1 Å². The van der Waals surface area contributed by atoms with E-state index in [9.17, 15) is 0 Å². The van der Waals surface area contributed by atoms with Gasteiger partial charge in [-0.2, -0.15) is 0 Å². The van der Waals surface area contributed by atoms with Crippen LogP contribution in [0.5, 0.6) is 0 Å². The lowest BCUT2D eigenvalue weighted by atomic mass is 10.3. The lowest BCUT2D eigenvalue weighted by Gasteiger charge is -2.19. The monoisotopic (exact) mass is 266 g/mol. The fourth-order valence-electron chi connectivity index (χ4n) is 2.41. The Labute approximate surface area is 118 Å². The van der Waals surface area contributed by atoms with Crippen LogP contribution in [0, 0.1) is 6.92 Å². The van der Waals surface area contributed by atoms with Gasteiger partial charge in [0.1, 0.15) is 5.82 Å². The molecule has 3 rings (SSSR count). The minimum absolute atomic E-state index is 0.772. The van der Waals surface area contributed by atoms with E-state index < -0.39 is 0 Å². The number of imidazole rings is 1. The number of hydrogen-bond donors (Lipinski definition) is 0. The van der Waals surface area contributed by atoms with Gasteiger partial charge in [0.2, 0.25) is 0 Å². The SMILES string of the molecule is Cc1cc(N(C)Cc2nc3ccccc3n2C)ccn1. The van der Waals surface area contributed by atoms with Crippen LogP contribution in [0.4, 0.5) is 5.69 Å². The van der Waals surface area contributed by atoms with E-state index in [-0.39, 0.29) is 0 Å². The van der Waals surface area contributed by atoms with E-state index in [4.69, 9.17) is 4.98 Å². The number of para-hydroxylation sites is 2. The van der Waals surface area contributed by atoms with E-state index in [0.717, 1.165) is 29.3 Å². The van der Waals surface area contributed by atoms with Crippen molar-refractivity contribution < 1.29 is 0 Å². The number of aryl methyl sites for hydroxylation is 2. The first-order valence-corrected chi connectivity index (χ1v) is 6.69. The summed E-state index contributed by atoms with van der Waals surface area (Å²) in [6.07, 6.45) is 1.84. The average molecular weight is 266 g/mol. The largest absolute Gasteiger partial charge is 0.367 e. The van der Waals surface area contributed by atoms with Crippen molar-refractivity contribution in [3.8, 4) is 0 Å². The molecule has 3 aromatic rings. The average Bonchev–Trinajstić information content (AvgIpc) is 2.76. The van der Waals surface area contributed by atoms with Gasteiger partial charge in [0, 0.05) is 31.7 Å². The summed E-state index contributed by atoms with van der Waals surface area (Å²) >= 11 is 0. The molecule has 2 heterocycles. The van der Waals surface area contributed by atoms with Gasteiger partial charge < -0.3 is 9.47 Å². The molecular formula is C16H18N4. The highest BCUT2D eigenvalue weighted by Gasteiger charge is 2.10. The number of aromatic nitrogens is 3. The summed E-state index contributed by atoms with van der Waals surface area (Å²) in [6, 6.07) is 12.3. The molecule has 0 amide bonds. The smallest absolute Gasteiger partial charge is 0.129 e. The van der Waals surface area contributed by atoms with Crippen molar-refractivity contribution in [1.82, 2.24) is 14.5 Å². The molecule has 102 valence electrons. The highest BCUT2D eigenvalue weighted by atomic mass is 15.2. The Morgan fingerprint density at radius 2 is 2.00 bits per heavy atom. The first kappa shape index (κ1) is 12.7. The second-order valence-electron chi connectivity index (χ2n) is 5.09. The van der Waals surface area contributed by atoms with Crippen LogP contribution in [0.25, 0.3) is 11.0 Å². The number of pyridine rings is 1. The van der Waals surface area contributed by atoms with Gasteiger partial charge in [-0.05, 0) is 31.2 Å². The zero-order chi connectivity index (χ0) is 14.1. The molecule has 0 aliphatic heterocycles. The predicted molar refractivity (Wildman–Crippen MR) is 81.8 cm³/mol. The molecule has 0 N–H and O–H groups in total. The van der Waals surface area contributed by atoms with Gasteiger partial charge in [-0.25, -0.2) is 4.98 Å². The van der Waals surface area contributed by atoms with Crippen LogP contribution in [-0.2, 0) is 13.6 Å². The Morgan fingerprint density at radius 1 is 1.20 bits per heavy atom. The van der Waals surface area contributed by atoms with Crippen molar-refractivity contribution in [2.75, 3.05) is 11.9 Å². The molecule has 0 saturated carbocycles. The Hall–Kier alpha value is -2.36. The summed E-state index contributed by atoms with van der Waals surface area (Å²) in [7, 11) is 4.14. The maximum atomic E-state index is 4.71. The molecule has 0 saturated heterocycles. The van der Waals surface area contributed by atoms with Crippen LogP contribution in [0.3, 0.4) is 0 Å². The minimum atomic E-state index is 0.772. The maximum absolute atomic E-state index is 4.71. The lowest BCUT2D eigenvalue weighted by Crippen LogP contribution is -2.19. The highest BCUT2D eigenvalue weighted by Crippen LogP contribution is 2.18. The third-order valence-corrected chi connectivity index (χ3v) is 3.58. The van der Waals surface area contributed by atoms with E-state index >= 15 is 0 Å². The van der Waals surface area contributed by atoms with Gasteiger partial charge in [0.25, 0.3) is 0 Å². The molecule has 0 bridgehead atoms. The van der Waals surface area contributed by atoms with Crippen LogP contribution in [0.2, 0.25) is 0 Å². The van der Waals surface area contributed by atoms with Crippen molar-refractivity contribution in [2.45, 2.75) is 13.5 Å². The van der Waals surface area contributed by atoms with E-state index in [0.29, 0.717) is 0 Å². The summed E-state index contributed by atoms with van der Waals surface area (Å²) in [6.45, 7) is 2.78. The Morgan fingerprint density at radius 3 is 2.75 bits per heavy atom. The normalized spacial score (nSPS) is 10.9. The van der Waals surface area contributed by atoms with Crippen molar-refractivity contribution in [3.63, 3.8) is 0 Å². The predicted octanol–water partition coefficient (Wildman–Crippen LogP) is 2.91. The molecule has 0 aliphatic rings. The van der Waals surface area contributed by atoms with Gasteiger partial charge in [-0.1, -0.05) is 12.1 Å². The van der Waals surface area contributed by atoms with Crippen molar-refractivity contribution in [2.24, 2.45) is 7.05 Å². The number of nitrogens with zero attached hydrogens (tertiary/aromatic N) is 4. The molecule has 0 aliphatic carbocycles. The van der Waals surface area contributed by atoms with Crippen LogP contribution in [-0.4, -0.2) is 21.6 Å². The molecule has 20 heavy (non-hydrogen) atoms. The summed E-state index contributed by atoms with van der Waals surface area (Å²) in [4.78, 5) is 11.1. The molecule has 0 atom stereocenters. The molecule has 0 radical (unpaired) electrons. The Balaban J connectivity index is 1.91. The Kier molecular flexibility index (Phi) is 3.14. The number of hydrogen-bond acceptors (Lipinski definition) is 3. The molecule has 4 nitrogen and oxygen atoms in total. The highest BCUT2D eigenvalue weighted by molar-refractivity contribution is 5.75. The number of benzene rings is 1. The summed E-state index contributed by atoms with van der Waals surface area (Å²) in [5.41, 5.74) is 4.40. The van der Waals surface area contributed by atoms with E-state index in [2.05, 4.69) is 46.7 Å². The fourth-order valence-corrected chi connectivity index (χ4v) is 2.41. The molecule has 0 spiro atoms. The van der Waals surface area contributed by atoms with Crippen molar-refractivity contribution >= 4 is 16.7 Å². The third-order valence-electron chi connectivity index (χ3n) is 3.58. The lowest BCUT2D eigenvalue weighted by molar-refractivity contribution is 0.775. The summed E-state index contributed by atoms with van der Waals surface area (Å²) in [5.74, 6) is 1.06. The van der Waals surface area contributed by atoms with Crippen LogP contribution >= 0.6 is 0 Å². The summed E-state index contributed by atoms with van der Waals surface area (Å²) < 4.78 is 2.15. The summed E-state index contributed by atoms with van der Waals surface area (Å²) in [5, 5.41) is 0. The molecule has 0 fully saturated rings. The maximum Gasteiger partial charge on any atom is 0.129 e. The molecule has 1 aromatic carbocycles. The molecule has 4 heteroatoms. The van der Waals surface area contributed by atoms with Gasteiger partial charge in [-0.15, -0.1) is 0 Å². The van der Waals surface area contributed by atoms with Gasteiger partial charge in [0.15, 0.2) is 0 Å². The quantitative estimate of drug-likeness (QED) is 0.731. The van der Waals surface area contributed by atoms with Crippen LogP contribution in [0.15, 0.2) is 42.6 Å². The second-order valence-corrected chi connectivity index (χ2v) is 5.09. The number of fused-ring (bicyclic) bond motifs is 1. The first-order chi connectivity index (χ1) is 9.65. The standard InChI is InChI=1S/C16H18N4/c1-12-10-13(8-9-17-12)19(2)11-16-18-14-6-4-5-7-15(14)20(16)3/h4-10H,11H2,1-3H3. The topological polar surface area (TPSA) is 34.0 Å².